The molecule has 0 spiro atoms. The van der Waals surface area contributed by atoms with Gasteiger partial charge in [0.15, 0.2) is 0 Å². The largest absolute Gasteiger partial charge is 0.390 e. The highest BCUT2D eigenvalue weighted by Gasteiger charge is 2.27. The summed E-state index contributed by atoms with van der Waals surface area (Å²) >= 11 is 0. The molecular formula is C21H25NO3. The van der Waals surface area contributed by atoms with Crippen LogP contribution in [-0.2, 0) is 13.0 Å². The Bertz CT molecular complexity index is 764. The summed E-state index contributed by atoms with van der Waals surface area (Å²) in [4.78, 5) is 14.6. The lowest BCUT2D eigenvalue weighted by molar-refractivity contribution is 0.0550. The third kappa shape index (κ3) is 4.27. The number of fused-ring (bicyclic) bond motifs is 1. The highest BCUT2D eigenvalue weighted by molar-refractivity contribution is 5.94. The van der Waals surface area contributed by atoms with E-state index in [0.717, 1.165) is 23.1 Å². The zero-order valence-electron chi connectivity index (χ0n) is 14.8. The van der Waals surface area contributed by atoms with Gasteiger partial charge in [-0.3, -0.25) is 4.79 Å². The first-order valence-electron chi connectivity index (χ1n) is 8.70. The number of carbonyl (C=O) groups excluding carboxylic acids is 1. The van der Waals surface area contributed by atoms with Gasteiger partial charge in [-0.05, 0) is 55.5 Å². The van der Waals surface area contributed by atoms with E-state index in [1.807, 2.05) is 48.5 Å². The highest BCUT2D eigenvalue weighted by atomic mass is 16.3. The molecule has 0 radical (unpaired) electrons. The van der Waals surface area contributed by atoms with Crippen LogP contribution in [-0.4, -0.2) is 33.2 Å². The van der Waals surface area contributed by atoms with Crippen molar-refractivity contribution >= 4 is 5.91 Å². The van der Waals surface area contributed by atoms with Gasteiger partial charge in [-0.15, -0.1) is 0 Å². The van der Waals surface area contributed by atoms with Crippen molar-refractivity contribution < 1.29 is 15.0 Å². The minimum absolute atomic E-state index is 0.0707. The second-order valence-electron chi connectivity index (χ2n) is 7.41. The van der Waals surface area contributed by atoms with Gasteiger partial charge in [0.1, 0.15) is 0 Å². The maximum Gasteiger partial charge on any atom is 0.254 e. The summed E-state index contributed by atoms with van der Waals surface area (Å²) in [5.41, 5.74) is 2.84. The SMILES string of the molecule is CC(C)(O)CCc1cccc(C(=O)N2Cc3ccccc3[C@@H](O)C2)c1. The maximum absolute atomic E-state index is 12.9. The van der Waals surface area contributed by atoms with Gasteiger partial charge < -0.3 is 15.1 Å². The molecule has 4 heteroatoms. The smallest absolute Gasteiger partial charge is 0.254 e. The Hall–Kier alpha value is -2.17. The van der Waals surface area contributed by atoms with E-state index in [0.29, 0.717) is 25.1 Å². The number of carbonyl (C=O) groups is 1. The predicted octanol–water partition coefficient (Wildman–Crippen LogP) is 3.08. The summed E-state index contributed by atoms with van der Waals surface area (Å²) in [6.07, 6.45) is 0.712. The lowest BCUT2D eigenvalue weighted by Gasteiger charge is -2.32. The standard InChI is InChI=1S/C21H25NO3/c1-21(2,25)11-10-15-6-5-8-16(12-15)20(24)22-13-17-7-3-4-9-18(17)19(23)14-22/h3-9,12,19,23,25H,10-11,13-14H2,1-2H3/t19-/m0/s1. The molecule has 1 amide bonds. The van der Waals surface area contributed by atoms with E-state index in [-0.39, 0.29) is 5.91 Å². The molecule has 3 rings (SSSR count). The van der Waals surface area contributed by atoms with Gasteiger partial charge in [-0.25, -0.2) is 0 Å². The van der Waals surface area contributed by atoms with Crippen LogP contribution in [0, 0.1) is 0 Å². The van der Waals surface area contributed by atoms with Crippen LogP contribution < -0.4 is 0 Å². The number of hydrogen-bond donors (Lipinski definition) is 2. The highest BCUT2D eigenvalue weighted by Crippen LogP contribution is 2.27. The van der Waals surface area contributed by atoms with Crippen molar-refractivity contribution in [2.45, 2.75) is 44.9 Å². The Morgan fingerprint density at radius 3 is 2.72 bits per heavy atom. The fourth-order valence-electron chi connectivity index (χ4n) is 3.23. The molecule has 132 valence electrons. The van der Waals surface area contributed by atoms with Gasteiger partial charge in [0.25, 0.3) is 5.91 Å². The first kappa shape index (κ1) is 17.6. The normalized spacial score (nSPS) is 17.3. The van der Waals surface area contributed by atoms with Gasteiger partial charge in [0.05, 0.1) is 18.2 Å². The van der Waals surface area contributed by atoms with Crippen molar-refractivity contribution in [3.05, 3.63) is 70.8 Å². The molecule has 2 aromatic carbocycles. The molecule has 1 heterocycles. The van der Waals surface area contributed by atoms with E-state index >= 15 is 0 Å². The lowest BCUT2D eigenvalue weighted by Crippen LogP contribution is -2.38. The minimum Gasteiger partial charge on any atom is -0.390 e. The Balaban J connectivity index is 1.75. The van der Waals surface area contributed by atoms with Gasteiger partial charge in [-0.1, -0.05) is 36.4 Å². The lowest BCUT2D eigenvalue weighted by atomic mass is 9.96. The molecule has 0 saturated carbocycles. The van der Waals surface area contributed by atoms with Gasteiger partial charge in [-0.2, -0.15) is 0 Å². The van der Waals surface area contributed by atoms with E-state index in [1.54, 1.807) is 18.7 Å². The number of aliphatic hydroxyl groups is 2. The number of aryl methyl sites for hydroxylation is 1. The van der Waals surface area contributed by atoms with Crippen molar-refractivity contribution in [2.75, 3.05) is 6.54 Å². The number of amides is 1. The minimum atomic E-state index is -0.722. The second kappa shape index (κ2) is 6.98. The Morgan fingerprint density at radius 1 is 1.20 bits per heavy atom. The Kier molecular flexibility index (Phi) is 4.93. The Labute approximate surface area is 148 Å². The van der Waals surface area contributed by atoms with Crippen molar-refractivity contribution in [1.82, 2.24) is 4.90 Å². The molecular weight excluding hydrogens is 314 g/mol. The van der Waals surface area contributed by atoms with Crippen molar-refractivity contribution in [2.24, 2.45) is 0 Å². The van der Waals surface area contributed by atoms with E-state index in [1.165, 1.54) is 0 Å². The molecule has 2 N–H and O–H groups in total. The number of hydrogen-bond acceptors (Lipinski definition) is 3. The predicted molar refractivity (Wildman–Crippen MR) is 97.2 cm³/mol. The first-order valence-corrected chi connectivity index (χ1v) is 8.70. The van der Waals surface area contributed by atoms with Crippen LogP contribution in [0.4, 0.5) is 0 Å². The maximum atomic E-state index is 12.9. The molecule has 1 aliphatic rings. The van der Waals surface area contributed by atoms with Crippen LogP contribution in [0.2, 0.25) is 0 Å². The van der Waals surface area contributed by atoms with Crippen LogP contribution in [0.15, 0.2) is 48.5 Å². The molecule has 0 unspecified atom stereocenters. The van der Waals surface area contributed by atoms with Crippen LogP contribution in [0.1, 0.15) is 53.4 Å². The quantitative estimate of drug-likeness (QED) is 0.900. The molecule has 0 fully saturated rings. The van der Waals surface area contributed by atoms with Crippen LogP contribution in [0.3, 0.4) is 0 Å². The average molecular weight is 339 g/mol. The van der Waals surface area contributed by atoms with Crippen LogP contribution >= 0.6 is 0 Å². The van der Waals surface area contributed by atoms with Gasteiger partial charge in [0.2, 0.25) is 0 Å². The van der Waals surface area contributed by atoms with Crippen LogP contribution in [0.5, 0.6) is 0 Å². The first-order chi connectivity index (χ1) is 11.8. The van der Waals surface area contributed by atoms with Crippen LogP contribution in [0.25, 0.3) is 0 Å². The molecule has 0 bridgehead atoms. The summed E-state index contributed by atoms with van der Waals surface area (Å²) < 4.78 is 0. The molecule has 2 aromatic rings. The summed E-state index contributed by atoms with van der Waals surface area (Å²) in [5.74, 6) is -0.0707. The van der Waals surface area contributed by atoms with Crippen molar-refractivity contribution in [3.63, 3.8) is 0 Å². The summed E-state index contributed by atoms with van der Waals surface area (Å²) in [6, 6.07) is 15.3. The zero-order chi connectivity index (χ0) is 18.0. The van der Waals surface area contributed by atoms with E-state index in [2.05, 4.69) is 0 Å². The van der Waals surface area contributed by atoms with Crippen molar-refractivity contribution in [1.29, 1.82) is 0 Å². The number of benzene rings is 2. The molecule has 0 aromatic heterocycles. The average Bonchev–Trinajstić information content (AvgIpc) is 2.59. The second-order valence-corrected chi connectivity index (χ2v) is 7.41. The van der Waals surface area contributed by atoms with Gasteiger partial charge in [0, 0.05) is 12.1 Å². The number of β-amino-alcohol motifs (C(OH)–C–C–N with tert-alkyl or cyclic N) is 1. The fourth-order valence-corrected chi connectivity index (χ4v) is 3.23. The Morgan fingerprint density at radius 2 is 1.96 bits per heavy atom. The molecule has 4 nitrogen and oxygen atoms in total. The zero-order valence-corrected chi connectivity index (χ0v) is 14.8. The summed E-state index contributed by atoms with van der Waals surface area (Å²) in [7, 11) is 0. The fraction of sp³-hybridized carbons (Fsp3) is 0.381. The molecule has 1 atom stereocenters. The number of rotatable bonds is 4. The third-order valence-corrected chi connectivity index (χ3v) is 4.66. The topological polar surface area (TPSA) is 60.8 Å². The molecule has 1 aliphatic heterocycles. The molecule has 0 saturated heterocycles. The summed E-state index contributed by atoms with van der Waals surface area (Å²) in [5, 5.41) is 20.2. The monoisotopic (exact) mass is 339 g/mol. The number of aliphatic hydroxyl groups excluding tert-OH is 1. The van der Waals surface area contributed by atoms with E-state index in [9.17, 15) is 15.0 Å². The molecule has 25 heavy (non-hydrogen) atoms. The van der Waals surface area contributed by atoms with Gasteiger partial charge >= 0.3 is 0 Å². The van der Waals surface area contributed by atoms with E-state index < -0.39 is 11.7 Å². The summed E-state index contributed by atoms with van der Waals surface area (Å²) in [6.45, 7) is 4.40. The van der Waals surface area contributed by atoms with Crippen molar-refractivity contribution in [3.8, 4) is 0 Å². The van der Waals surface area contributed by atoms with E-state index in [4.69, 9.17) is 0 Å². The third-order valence-electron chi connectivity index (χ3n) is 4.66. The number of nitrogens with zero attached hydrogens (tertiary/aromatic N) is 1. The molecule has 0 aliphatic carbocycles.